The van der Waals surface area contributed by atoms with Gasteiger partial charge in [0.05, 0.1) is 7.11 Å². The first-order valence-corrected chi connectivity index (χ1v) is 7.92. The fourth-order valence-corrected chi connectivity index (χ4v) is 2.49. The molecule has 1 N–H and O–H groups in total. The minimum absolute atomic E-state index is 0.0256. The topological polar surface area (TPSA) is 56.1 Å². The number of ether oxygens (including phenoxy) is 1. The van der Waals surface area contributed by atoms with Crippen molar-refractivity contribution in [1.82, 2.24) is 14.9 Å². The molecule has 1 atom stereocenters. The van der Waals surface area contributed by atoms with E-state index in [2.05, 4.69) is 24.1 Å². The van der Waals surface area contributed by atoms with Gasteiger partial charge in [-0.05, 0) is 18.4 Å². The predicted octanol–water partition coefficient (Wildman–Crippen LogP) is 3.07. The molecule has 0 unspecified atom stereocenters. The number of nitrogens with zero attached hydrogens (tertiary/aromatic N) is 2. The molecule has 0 saturated heterocycles. The number of amides is 1. The van der Waals surface area contributed by atoms with Crippen molar-refractivity contribution >= 4 is 5.91 Å². The summed E-state index contributed by atoms with van der Waals surface area (Å²) in [5.74, 6) is 2.05. The van der Waals surface area contributed by atoms with Crippen LogP contribution in [-0.2, 0) is 11.8 Å². The van der Waals surface area contributed by atoms with E-state index in [1.54, 1.807) is 13.3 Å². The standard InChI is InChI=1S/C18H25N3O2/c1-13(2)9-10-16(22)20-17(18-19-11-12-21(18)3)14-7-5-6-8-15(14)23-4/h5-8,11-13,17H,9-10H2,1-4H3,(H,20,22)/t17-/m0/s1. The number of para-hydroxylation sites is 1. The van der Waals surface area contributed by atoms with E-state index in [1.807, 2.05) is 42.1 Å². The third kappa shape index (κ3) is 4.34. The molecular weight excluding hydrogens is 290 g/mol. The van der Waals surface area contributed by atoms with Crippen LogP contribution in [0, 0.1) is 5.92 Å². The summed E-state index contributed by atoms with van der Waals surface area (Å²) in [6, 6.07) is 7.38. The normalized spacial score (nSPS) is 12.2. The highest BCUT2D eigenvalue weighted by atomic mass is 16.5. The van der Waals surface area contributed by atoms with E-state index in [9.17, 15) is 4.79 Å². The summed E-state index contributed by atoms with van der Waals surface area (Å²) in [7, 11) is 3.56. The van der Waals surface area contributed by atoms with E-state index in [4.69, 9.17) is 4.74 Å². The van der Waals surface area contributed by atoms with Gasteiger partial charge in [0.2, 0.25) is 5.91 Å². The van der Waals surface area contributed by atoms with Crippen LogP contribution in [0.1, 0.15) is 44.1 Å². The molecule has 1 aromatic heterocycles. The monoisotopic (exact) mass is 315 g/mol. The Morgan fingerprint density at radius 2 is 2.09 bits per heavy atom. The number of benzene rings is 1. The third-order valence-electron chi connectivity index (χ3n) is 3.82. The van der Waals surface area contributed by atoms with Gasteiger partial charge in [0, 0.05) is 31.4 Å². The number of hydrogen-bond donors (Lipinski definition) is 1. The number of hydrogen-bond acceptors (Lipinski definition) is 3. The number of imidazole rings is 1. The van der Waals surface area contributed by atoms with Crippen molar-refractivity contribution in [1.29, 1.82) is 0 Å². The van der Waals surface area contributed by atoms with E-state index in [-0.39, 0.29) is 11.9 Å². The quantitative estimate of drug-likeness (QED) is 0.854. The van der Waals surface area contributed by atoms with E-state index in [1.165, 1.54) is 0 Å². The summed E-state index contributed by atoms with van der Waals surface area (Å²) in [6.07, 6.45) is 4.98. The van der Waals surface area contributed by atoms with Crippen molar-refractivity contribution in [3.05, 3.63) is 48.0 Å². The summed E-state index contributed by atoms with van der Waals surface area (Å²) >= 11 is 0. The smallest absolute Gasteiger partial charge is 0.220 e. The van der Waals surface area contributed by atoms with Crippen molar-refractivity contribution in [2.75, 3.05) is 7.11 Å². The highest BCUT2D eigenvalue weighted by Gasteiger charge is 2.23. The lowest BCUT2D eigenvalue weighted by Gasteiger charge is -2.21. The van der Waals surface area contributed by atoms with Crippen LogP contribution in [0.15, 0.2) is 36.7 Å². The van der Waals surface area contributed by atoms with Crippen LogP contribution in [0.2, 0.25) is 0 Å². The SMILES string of the molecule is COc1ccccc1[C@H](NC(=O)CCC(C)C)c1nccn1C. The number of aromatic nitrogens is 2. The molecule has 5 heteroatoms. The lowest BCUT2D eigenvalue weighted by Crippen LogP contribution is -2.31. The van der Waals surface area contributed by atoms with Crippen LogP contribution < -0.4 is 10.1 Å². The van der Waals surface area contributed by atoms with Crippen LogP contribution in [0.5, 0.6) is 5.75 Å². The maximum atomic E-state index is 12.3. The molecule has 0 aliphatic heterocycles. The Hall–Kier alpha value is -2.30. The van der Waals surface area contributed by atoms with Crippen LogP contribution in [0.3, 0.4) is 0 Å². The molecular formula is C18H25N3O2. The number of nitrogens with one attached hydrogen (secondary N) is 1. The van der Waals surface area contributed by atoms with Gasteiger partial charge in [-0.25, -0.2) is 4.98 Å². The van der Waals surface area contributed by atoms with Crippen molar-refractivity contribution in [3.8, 4) is 5.75 Å². The average Bonchev–Trinajstić information content (AvgIpc) is 2.96. The second kappa shape index (κ2) is 7.81. The van der Waals surface area contributed by atoms with E-state index in [0.717, 1.165) is 23.6 Å². The molecule has 1 aromatic carbocycles. The maximum absolute atomic E-state index is 12.3. The second-order valence-electron chi connectivity index (χ2n) is 6.07. The van der Waals surface area contributed by atoms with Gasteiger partial charge >= 0.3 is 0 Å². The Morgan fingerprint density at radius 3 is 2.70 bits per heavy atom. The van der Waals surface area contributed by atoms with Crippen LogP contribution in [0.4, 0.5) is 0 Å². The van der Waals surface area contributed by atoms with Gasteiger partial charge in [-0.2, -0.15) is 0 Å². The van der Waals surface area contributed by atoms with Gasteiger partial charge in [0.15, 0.2) is 0 Å². The van der Waals surface area contributed by atoms with Crippen molar-refractivity contribution in [3.63, 3.8) is 0 Å². The van der Waals surface area contributed by atoms with Crippen molar-refractivity contribution in [2.45, 2.75) is 32.7 Å². The van der Waals surface area contributed by atoms with Gasteiger partial charge in [0.1, 0.15) is 17.6 Å². The summed E-state index contributed by atoms with van der Waals surface area (Å²) < 4.78 is 7.37. The van der Waals surface area contributed by atoms with Gasteiger partial charge < -0.3 is 14.6 Å². The second-order valence-corrected chi connectivity index (χ2v) is 6.07. The average molecular weight is 315 g/mol. The van der Waals surface area contributed by atoms with Gasteiger partial charge in [-0.1, -0.05) is 32.0 Å². The Balaban J connectivity index is 2.30. The molecule has 2 rings (SSSR count). The number of aryl methyl sites for hydroxylation is 1. The highest BCUT2D eigenvalue weighted by Crippen LogP contribution is 2.29. The summed E-state index contributed by atoms with van der Waals surface area (Å²) in [5, 5.41) is 3.10. The Kier molecular flexibility index (Phi) is 5.79. The molecule has 124 valence electrons. The van der Waals surface area contributed by atoms with E-state index >= 15 is 0 Å². The first-order chi connectivity index (χ1) is 11.0. The molecule has 1 heterocycles. The summed E-state index contributed by atoms with van der Waals surface area (Å²) in [5.41, 5.74) is 0.905. The summed E-state index contributed by atoms with van der Waals surface area (Å²) in [4.78, 5) is 16.8. The van der Waals surface area contributed by atoms with Gasteiger partial charge in [-0.3, -0.25) is 4.79 Å². The number of carbonyl (C=O) groups is 1. The van der Waals surface area contributed by atoms with Crippen LogP contribution in [0.25, 0.3) is 0 Å². The van der Waals surface area contributed by atoms with Crippen molar-refractivity contribution < 1.29 is 9.53 Å². The van der Waals surface area contributed by atoms with Gasteiger partial charge in [0.25, 0.3) is 0 Å². The number of carbonyl (C=O) groups excluding carboxylic acids is 1. The third-order valence-corrected chi connectivity index (χ3v) is 3.82. The zero-order valence-corrected chi connectivity index (χ0v) is 14.2. The molecule has 0 spiro atoms. The fourth-order valence-electron chi connectivity index (χ4n) is 2.49. The first-order valence-electron chi connectivity index (χ1n) is 7.92. The largest absolute Gasteiger partial charge is 0.496 e. The minimum Gasteiger partial charge on any atom is -0.496 e. The molecule has 2 aromatic rings. The molecule has 0 radical (unpaired) electrons. The molecule has 0 aliphatic rings. The predicted molar refractivity (Wildman–Crippen MR) is 90.3 cm³/mol. The van der Waals surface area contributed by atoms with E-state index < -0.39 is 0 Å². The molecule has 1 amide bonds. The Bertz CT molecular complexity index is 649. The fraction of sp³-hybridized carbons (Fsp3) is 0.444. The van der Waals surface area contributed by atoms with Crippen LogP contribution in [-0.4, -0.2) is 22.6 Å². The molecule has 5 nitrogen and oxygen atoms in total. The molecule has 0 fully saturated rings. The Morgan fingerprint density at radius 1 is 1.35 bits per heavy atom. The van der Waals surface area contributed by atoms with Crippen molar-refractivity contribution in [2.24, 2.45) is 13.0 Å². The Labute approximate surface area is 137 Å². The zero-order valence-electron chi connectivity index (χ0n) is 14.2. The lowest BCUT2D eigenvalue weighted by molar-refractivity contribution is -0.121. The summed E-state index contributed by atoms with van der Waals surface area (Å²) in [6.45, 7) is 4.23. The van der Waals surface area contributed by atoms with Gasteiger partial charge in [-0.15, -0.1) is 0 Å². The molecule has 0 saturated carbocycles. The lowest BCUT2D eigenvalue weighted by atomic mass is 10.0. The first kappa shape index (κ1) is 17.1. The number of rotatable bonds is 7. The molecule has 23 heavy (non-hydrogen) atoms. The number of methoxy groups -OCH3 is 1. The van der Waals surface area contributed by atoms with Crippen LogP contribution >= 0.6 is 0 Å². The zero-order chi connectivity index (χ0) is 16.8. The highest BCUT2D eigenvalue weighted by molar-refractivity contribution is 5.77. The maximum Gasteiger partial charge on any atom is 0.220 e. The minimum atomic E-state index is -0.328. The molecule has 0 aliphatic carbocycles. The van der Waals surface area contributed by atoms with E-state index in [0.29, 0.717) is 12.3 Å². The molecule has 0 bridgehead atoms.